The topological polar surface area (TPSA) is 58.9 Å². The Hall–Kier alpha value is -0.160. The lowest BCUT2D eigenvalue weighted by atomic mass is 9.92. The third-order valence-corrected chi connectivity index (χ3v) is 2.84. The molecule has 2 fully saturated rings. The predicted molar refractivity (Wildman–Crippen MR) is 45.1 cm³/mol. The lowest BCUT2D eigenvalue weighted by Gasteiger charge is -2.45. The standard InChI is InChI=1S/C9H16O4/c10-7-3-6-13-9(8(7)11)4-1-2-5-12-9/h7-8,10-11H,1-6H2/t7-,8-,9-/m0/s1. The Morgan fingerprint density at radius 3 is 2.54 bits per heavy atom. The Labute approximate surface area is 77.5 Å². The summed E-state index contributed by atoms with van der Waals surface area (Å²) in [7, 11) is 0. The summed E-state index contributed by atoms with van der Waals surface area (Å²) < 4.78 is 10.9. The van der Waals surface area contributed by atoms with Gasteiger partial charge in [-0.3, -0.25) is 0 Å². The first-order chi connectivity index (χ1) is 6.25. The molecule has 2 saturated heterocycles. The SMILES string of the molecule is O[C@H]1CCO[C@@]2(CCCCO2)[C@H]1O. The zero-order valence-corrected chi connectivity index (χ0v) is 7.61. The summed E-state index contributed by atoms with van der Waals surface area (Å²) in [6.45, 7) is 1.09. The molecule has 2 N–H and O–H groups in total. The fourth-order valence-corrected chi connectivity index (χ4v) is 2.03. The fraction of sp³-hybridized carbons (Fsp3) is 1.00. The maximum atomic E-state index is 9.75. The van der Waals surface area contributed by atoms with E-state index < -0.39 is 18.0 Å². The molecule has 0 unspecified atom stereocenters. The first-order valence-electron chi connectivity index (χ1n) is 4.89. The first-order valence-corrected chi connectivity index (χ1v) is 4.89. The summed E-state index contributed by atoms with van der Waals surface area (Å²) >= 11 is 0. The summed E-state index contributed by atoms with van der Waals surface area (Å²) in [5, 5.41) is 19.2. The molecule has 0 aliphatic carbocycles. The van der Waals surface area contributed by atoms with Crippen molar-refractivity contribution in [3.63, 3.8) is 0 Å². The molecule has 0 aromatic carbocycles. The van der Waals surface area contributed by atoms with Gasteiger partial charge in [-0.15, -0.1) is 0 Å². The van der Waals surface area contributed by atoms with Crippen LogP contribution in [0.25, 0.3) is 0 Å². The fourth-order valence-electron chi connectivity index (χ4n) is 2.03. The highest BCUT2D eigenvalue weighted by Crippen LogP contribution is 2.34. The van der Waals surface area contributed by atoms with Crippen molar-refractivity contribution in [2.45, 2.75) is 43.7 Å². The van der Waals surface area contributed by atoms with Gasteiger partial charge >= 0.3 is 0 Å². The average Bonchev–Trinajstić information content (AvgIpc) is 2.16. The van der Waals surface area contributed by atoms with E-state index in [0.29, 0.717) is 26.1 Å². The molecule has 1 spiro atoms. The van der Waals surface area contributed by atoms with Crippen molar-refractivity contribution in [2.24, 2.45) is 0 Å². The second kappa shape index (κ2) is 3.53. The van der Waals surface area contributed by atoms with E-state index in [2.05, 4.69) is 0 Å². The van der Waals surface area contributed by atoms with Gasteiger partial charge in [0.15, 0.2) is 5.79 Å². The Kier molecular flexibility index (Phi) is 2.55. The first kappa shape index (κ1) is 9.40. The maximum Gasteiger partial charge on any atom is 0.196 e. The summed E-state index contributed by atoms with van der Waals surface area (Å²) in [5.41, 5.74) is 0. The zero-order chi connectivity index (χ0) is 9.31. The molecule has 76 valence electrons. The molecule has 2 aliphatic rings. The molecule has 2 rings (SSSR count). The molecule has 0 aromatic rings. The molecule has 2 heterocycles. The Morgan fingerprint density at radius 2 is 1.85 bits per heavy atom. The number of ether oxygens (including phenoxy) is 2. The van der Waals surface area contributed by atoms with Crippen molar-refractivity contribution in [3.05, 3.63) is 0 Å². The Balaban J connectivity index is 2.09. The molecule has 3 atom stereocenters. The molecule has 13 heavy (non-hydrogen) atoms. The van der Waals surface area contributed by atoms with Gasteiger partial charge in [0.1, 0.15) is 6.10 Å². The van der Waals surface area contributed by atoms with Crippen LogP contribution in [0.4, 0.5) is 0 Å². The van der Waals surface area contributed by atoms with Crippen molar-refractivity contribution in [1.29, 1.82) is 0 Å². The third-order valence-electron chi connectivity index (χ3n) is 2.84. The summed E-state index contributed by atoms with van der Waals surface area (Å²) in [4.78, 5) is 0. The van der Waals surface area contributed by atoms with Crippen molar-refractivity contribution in [3.8, 4) is 0 Å². The molecule has 0 bridgehead atoms. The van der Waals surface area contributed by atoms with Crippen LogP contribution in [0, 0.1) is 0 Å². The van der Waals surface area contributed by atoms with E-state index in [0.717, 1.165) is 12.8 Å². The second-order valence-corrected chi connectivity index (χ2v) is 3.77. The van der Waals surface area contributed by atoms with Crippen LogP contribution >= 0.6 is 0 Å². The van der Waals surface area contributed by atoms with Gasteiger partial charge in [0.2, 0.25) is 0 Å². The number of rotatable bonds is 0. The van der Waals surface area contributed by atoms with Crippen LogP contribution in [0.2, 0.25) is 0 Å². The minimum Gasteiger partial charge on any atom is -0.390 e. The van der Waals surface area contributed by atoms with Crippen molar-refractivity contribution in [2.75, 3.05) is 13.2 Å². The van der Waals surface area contributed by atoms with Gasteiger partial charge in [-0.25, -0.2) is 0 Å². The van der Waals surface area contributed by atoms with Crippen molar-refractivity contribution >= 4 is 0 Å². The molecule has 0 radical (unpaired) electrons. The van der Waals surface area contributed by atoms with Gasteiger partial charge in [0.05, 0.1) is 19.3 Å². The van der Waals surface area contributed by atoms with E-state index in [1.807, 2.05) is 0 Å². The largest absolute Gasteiger partial charge is 0.390 e. The highest BCUT2D eigenvalue weighted by Gasteiger charge is 2.47. The highest BCUT2D eigenvalue weighted by molar-refractivity contribution is 4.90. The minimum atomic E-state index is -0.907. The molecule has 4 heteroatoms. The van der Waals surface area contributed by atoms with Gasteiger partial charge in [-0.1, -0.05) is 0 Å². The quantitative estimate of drug-likeness (QED) is 0.563. The van der Waals surface area contributed by atoms with Crippen molar-refractivity contribution in [1.82, 2.24) is 0 Å². The zero-order valence-electron chi connectivity index (χ0n) is 7.61. The molecule has 2 aliphatic heterocycles. The van der Waals surface area contributed by atoms with Gasteiger partial charge in [-0.05, 0) is 19.3 Å². The third kappa shape index (κ3) is 1.59. The van der Waals surface area contributed by atoms with Crippen LogP contribution in [0.5, 0.6) is 0 Å². The smallest absolute Gasteiger partial charge is 0.196 e. The number of aliphatic hydroxyl groups excluding tert-OH is 2. The minimum absolute atomic E-state index is 0.470. The highest BCUT2D eigenvalue weighted by atomic mass is 16.7. The molecule has 0 saturated carbocycles. The molecule has 0 aromatic heterocycles. The Bertz CT molecular complexity index is 171. The van der Waals surface area contributed by atoms with Crippen LogP contribution in [0.1, 0.15) is 25.7 Å². The van der Waals surface area contributed by atoms with E-state index in [1.165, 1.54) is 0 Å². The maximum absolute atomic E-state index is 9.75. The molecule has 0 amide bonds. The van der Waals surface area contributed by atoms with Crippen LogP contribution in [0.3, 0.4) is 0 Å². The van der Waals surface area contributed by atoms with E-state index in [1.54, 1.807) is 0 Å². The summed E-state index contributed by atoms with van der Waals surface area (Å²) in [5.74, 6) is -0.907. The predicted octanol–water partition coefficient (Wildman–Crippen LogP) is 0.0253. The van der Waals surface area contributed by atoms with Crippen LogP contribution in [0.15, 0.2) is 0 Å². The van der Waals surface area contributed by atoms with E-state index in [9.17, 15) is 10.2 Å². The molecular weight excluding hydrogens is 172 g/mol. The van der Waals surface area contributed by atoms with E-state index in [4.69, 9.17) is 9.47 Å². The monoisotopic (exact) mass is 188 g/mol. The lowest BCUT2D eigenvalue weighted by Crippen LogP contribution is -2.58. The van der Waals surface area contributed by atoms with Crippen molar-refractivity contribution < 1.29 is 19.7 Å². The average molecular weight is 188 g/mol. The molecule has 4 nitrogen and oxygen atoms in total. The lowest BCUT2D eigenvalue weighted by molar-refractivity contribution is -0.332. The van der Waals surface area contributed by atoms with Crippen LogP contribution < -0.4 is 0 Å². The van der Waals surface area contributed by atoms with E-state index >= 15 is 0 Å². The van der Waals surface area contributed by atoms with Crippen LogP contribution in [-0.2, 0) is 9.47 Å². The van der Waals surface area contributed by atoms with E-state index in [-0.39, 0.29) is 0 Å². The number of aliphatic hydroxyl groups is 2. The number of hydrogen-bond acceptors (Lipinski definition) is 4. The van der Waals surface area contributed by atoms with Gasteiger partial charge < -0.3 is 19.7 Å². The Morgan fingerprint density at radius 1 is 1.08 bits per heavy atom. The summed E-state index contributed by atoms with van der Waals surface area (Å²) in [6, 6.07) is 0. The van der Waals surface area contributed by atoms with Gasteiger partial charge in [0, 0.05) is 6.42 Å². The normalized spacial score (nSPS) is 46.6. The second-order valence-electron chi connectivity index (χ2n) is 3.77. The molecular formula is C9H16O4. The summed E-state index contributed by atoms with van der Waals surface area (Å²) in [6.07, 6.45) is 1.59. The van der Waals surface area contributed by atoms with Gasteiger partial charge in [0.25, 0.3) is 0 Å². The van der Waals surface area contributed by atoms with Crippen LogP contribution in [-0.4, -0.2) is 41.4 Å². The van der Waals surface area contributed by atoms with Gasteiger partial charge in [-0.2, -0.15) is 0 Å². The number of hydrogen-bond donors (Lipinski definition) is 2.